The third-order valence-corrected chi connectivity index (χ3v) is 4.40. The standard InChI is InChI=1S/C12H25BrN2/c1-11(8-13)9-15(3)10-12-4-6-14(2)7-5-12/h11-12H,4-10H2,1-3H3. The first-order valence-electron chi connectivity index (χ1n) is 6.05. The minimum Gasteiger partial charge on any atom is -0.306 e. The zero-order valence-corrected chi connectivity index (χ0v) is 12.0. The van der Waals surface area contributed by atoms with E-state index < -0.39 is 0 Å². The number of likely N-dealkylation sites (tertiary alicyclic amines) is 1. The predicted octanol–water partition coefficient (Wildman–Crippen LogP) is 2.29. The van der Waals surface area contributed by atoms with Crippen molar-refractivity contribution in [2.75, 3.05) is 45.6 Å². The van der Waals surface area contributed by atoms with Crippen molar-refractivity contribution in [3.63, 3.8) is 0 Å². The van der Waals surface area contributed by atoms with Gasteiger partial charge in [0, 0.05) is 18.4 Å². The second kappa shape index (κ2) is 6.87. The molecule has 2 nitrogen and oxygen atoms in total. The molecule has 1 aliphatic heterocycles. The molecule has 0 aromatic heterocycles. The van der Waals surface area contributed by atoms with Crippen LogP contribution in [0.15, 0.2) is 0 Å². The number of hydrogen-bond donors (Lipinski definition) is 0. The van der Waals surface area contributed by atoms with Crippen molar-refractivity contribution in [2.24, 2.45) is 11.8 Å². The molecule has 1 aliphatic rings. The normalized spacial score (nSPS) is 22.2. The first kappa shape index (κ1) is 13.5. The van der Waals surface area contributed by atoms with Gasteiger partial charge in [-0.15, -0.1) is 0 Å². The number of piperidine rings is 1. The van der Waals surface area contributed by atoms with E-state index in [1.807, 2.05) is 0 Å². The van der Waals surface area contributed by atoms with E-state index in [1.54, 1.807) is 0 Å². The molecule has 3 heteroatoms. The Bertz CT molecular complexity index is 167. The first-order chi connectivity index (χ1) is 7.11. The summed E-state index contributed by atoms with van der Waals surface area (Å²) in [4.78, 5) is 4.94. The zero-order valence-electron chi connectivity index (χ0n) is 10.4. The molecule has 0 aliphatic carbocycles. The molecule has 1 atom stereocenters. The molecule has 0 aromatic carbocycles. The SMILES string of the molecule is CC(CBr)CN(C)CC1CCN(C)CC1. The largest absolute Gasteiger partial charge is 0.306 e. The monoisotopic (exact) mass is 276 g/mol. The molecule has 1 rings (SSSR count). The van der Waals surface area contributed by atoms with Crippen molar-refractivity contribution < 1.29 is 0 Å². The summed E-state index contributed by atoms with van der Waals surface area (Å²) >= 11 is 3.54. The van der Waals surface area contributed by atoms with Crippen LogP contribution in [-0.2, 0) is 0 Å². The molecule has 1 saturated heterocycles. The molecule has 0 N–H and O–H groups in total. The molecule has 0 aromatic rings. The van der Waals surface area contributed by atoms with Gasteiger partial charge in [0.15, 0.2) is 0 Å². The van der Waals surface area contributed by atoms with Gasteiger partial charge in [-0.1, -0.05) is 22.9 Å². The van der Waals surface area contributed by atoms with Crippen LogP contribution in [0.5, 0.6) is 0 Å². The quantitative estimate of drug-likeness (QED) is 0.711. The van der Waals surface area contributed by atoms with Gasteiger partial charge in [-0.3, -0.25) is 0 Å². The third kappa shape index (κ3) is 5.32. The Hall–Kier alpha value is 0.400. The summed E-state index contributed by atoms with van der Waals surface area (Å²) in [6, 6.07) is 0. The molecule has 0 amide bonds. The van der Waals surface area contributed by atoms with Gasteiger partial charge < -0.3 is 9.80 Å². The third-order valence-electron chi connectivity index (χ3n) is 3.29. The molecule has 0 radical (unpaired) electrons. The van der Waals surface area contributed by atoms with E-state index in [9.17, 15) is 0 Å². The van der Waals surface area contributed by atoms with Crippen LogP contribution in [0, 0.1) is 11.8 Å². The van der Waals surface area contributed by atoms with Crippen molar-refractivity contribution in [1.29, 1.82) is 0 Å². The second-order valence-electron chi connectivity index (χ2n) is 5.23. The lowest BCUT2D eigenvalue weighted by atomic mass is 9.96. The Balaban J connectivity index is 2.17. The highest BCUT2D eigenvalue weighted by molar-refractivity contribution is 9.09. The Labute approximate surface area is 103 Å². The minimum absolute atomic E-state index is 0.765. The van der Waals surface area contributed by atoms with E-state index in [4.69, 9.17) is 0 Å². The van der Waals surface area contributed by atoms with Gasteiger partial charge in [0.05, 0.1) is 0 Å². The fourth-order valence-electron chi connectivity index (χ4n) is 2.34. The van der Waals surface area contributed by atoms with Crippen LogP contribution < -0.4 is 0 Å². The average molecular weight is 277 g/mol. The van der Waals surface area contributed by atoms with E-state index in [1.165, 1.54) is 39.0 Å². The summed E-state index contributed by atoms with van der Waals surface area (Å²) in [5.41, 5.74) is 0. The summed E-state index contributed by atoms with van der Waals surface area (Å²) < 4.78 is 0. The maximum atomic E-state index is 3.54. The summed E-state index contributed by atoms with van der Waals surface area (Å²) in [6.07, 6.45) is 2.76. The van der Waals surface area contributed by atoms with Gasteiger partial charge in [-0.25, -0.2) is 0 Å². The van der Waals surface area contributed by atoms with Gasteiger partial charge in [-0.2, -0.15) is 0 Å². The Morgan fingerprint density at radius 1 is 1.40 bits per heavy atom. The zero-order chi connectivity index (χ0) is 11.3. The molecular weight excluding hydrogens is 252 g/mol. The minimum atomic E-state index is 0.765. The van der Waals surface area contributed by atoms with Crippen LogP contribution in [0.1, 0.15) is 19.8 Å². The van der Waals surface area contributed by atoms with Crippen LogP contribution in [0.4, 0.5) is 0 Å². The smallest absolute Gasteiger partial charge is 0.00692 e. The second-order valence-corrected chi connectivity index (χ2v) is 5.87. The molecular formula is C12H25BrN2. The Morgan fingerprint density at radius 3 is 2.53 bits per heavy atom. The van der Waals surface area contributed by atoms with Crippen LogP contribution >= 0.6 is 15.9 Å². The lowest BCUT2D eigenvalue weighted by Crippen LogP contribution is -2.37. The number of rotatable bonds is 5. The highest BCUT2D eigenvalue weighted by Gasteiger charge is 2.18. The van der Waals surface area contributed by atoms with Gasteiger partial charge in [0.25, 0.3) is 0 Å². The van der Waals surface area contributed by atoms with E-state index >= 15 is 0 Å². The van der Waals surface area contributed by atoms with Gasteiger partial charge in [-0.05, 0) is 51.9 Å². The number of hydrogen-bond acceptors (Lipinski definition) is 2. The van der Waals surface area contributed by atoms with Crippen molar-refractivity contribution >= 4 is 15.9 Å². The number of nitrogens with zero attached hydrogens (tertiary/aromatic N) is 2. The fourth-order valence-corrected chi connectivity index (χ4v) is 2.55. The molecule has 1 unspecified atom stereocenters. The van der Waals surface area contributed by atoms with Crippen LogP contribution in [-0.4, -0.2) is 55.4 Å². The molecule has 0 bridgehead atoms. The van der Waals surface area contributed by atoms with Crippen LogP contribution in [0.2, 0.25) is 0 Å². The van der Waals surface area contributed by atoms with Gasteiger partial charge >= 0.3 is 0 Å². The maximum Gasteiger partial charge on any atom is 0.00692 e. The number of alkyl halides is 1. The Kier molecular flexibility index (Phi) is 6.17. The lowest BCUT2D eigenvalue weighted by molar-refractivity contribution is 0.169. The molecule has 15 heavy (non-hydrogen) atoms. The molecule has 90 valence electrons. The van der Waals surface area contributed by atoms with Gasteiger partial charge in [0.2, 0.25) is 0 Å². The lowest BCUT2D eigenvalue weighted by Gasteiger charge is -2.32. The number of halogens is 1. The van der Waals surface area contributed by atoms with Crippen molar-refractivity contribution in [3.8, 4) is 0 Å². The summed E-state index contributed by atoms with van der Waals surface area (Å²) in [5.74, 6) is 1.69. The van der Waals surface area contributed by atoms with Crippen molar-refractivity contribution in [2.45, 2.75) is 19.8 Å². The van der Waals surface area contributed by atoms with Crippen LogP contribution in [0.25, 0.3) is 0 Å². The molecule has 0 spiro atoms. The Morgan fingerprint density at radius 2 is 2.00 bits per heavy atom. The van der Waals surface area contributed by atoms with E-state index in [0.29, 0.717) is 0 Å². The van der Waals surface area contributed by atoms with Gasteiger partial charge in [0.1, 0.15) is 0 Å². The topological polar surface area (TPSA) is 6.48 Å². The summed E-state index contributed by atoms with van der Waals surface area (Å²) in [6.45, 7) is 7.38. The maximum absolute atomic E-state index is 3.54. The highest BCUT2D eigenvalue weighted by Crippen LogP contribution is 2.17. The molecule has 1 heterocycles. The van der Waals surface area contributed by atoms with Crippen molar-refractivity contribution in [3.05, 3.63) is 0 Å². The molecule has 0 saturated carbocycles. The average Bonchev–Trinajstić information content (AvgIpc) is 2.21. The summed E-state index contributed by atoms with van der Waals surface area (Å²) in [7, 11) is 4.49. The highest BCUT2D eigenvalue weighted by atomic mass is 79.9. The predicted molar refractivity (Wildman–Crippen MR) is 70.7 cm³/mol. The first-order valence-corrected chi connectivity index (χ1v) is 7.17. The van der Waals surface area contributed by atoms with Crippen LogP contribution in [0.3, 0.4) is 0 Å². The fraction of sp³-hybridized carbons (Fsp3) is 1.00. The van der Waals surface area contributed by atoms with Crippen molar-refractivity contribution in [1.82, 2.24) is 9.80 Å². The van der Waals surface area contributed by atoms with E-state index in [-0.39, 0.29) is 0 Å². The molecule has 1 fully saturated rings. The van der Waals surface area contributed by atoms with E-state index in [0.717, 1.165) is 17.2 Å². The summed E-state index contributed by atoms with van der Waals surface area (Å²) in [5, 5.41) is 1.12. The van der Waals surface area contributed by atoms with E-state index in [2.05, 4.69) is 46.7 Å².